The predicted octanol–water partition coefficient (Wildman–Crippen LogP) is 6.53. The Morgan fingerprint density at radius 3 is 2.73 bits per heavy atom. The van der Waals surface area contributed by atoms with Gasteiger partial charge in [0.15, 0.2) is 5.69 Å². The molecule has 2 aromatic carbocycles. The molecule has 26 heavy (non-hydrogen) atoms. The molecule has 3 rings (SSSR count). The van der Waals surface area contributed by atoms with Gasteiger partial charge in [-0.25, -0.2) is 0 Å². The zero-order chi connectivity index (χ0) is 18.8. The van der Waals surface area contributed by atoms with Crippen molar-refractivity contribution in [1.82, 2.24) is 4.57 Å². The second kappa shape index (κ2) is 7.61. The van der Waals surface area contributed by atoms with E-state index >= 15 is 0 Å². The average Bonchev–Trinajstić information content (AvgIpc) is 2.84. The zero-order valence-corrected chi connectivity index (χ0v) is 16.4. The largest absolute Gasteiger partial charge is 0.493 e. The maximum absolute atomic E-state index is 12.3. The molecule has 1 amide bonds. The normalized spacial score (nSPS) is 11.3. The van der Waals surface area contributed by atoms with E-state index in [9.17, 15) is 9.90 Å². The molecular weight excluding hydrogens is 441 g/mol. The molecule has 0 radical (unpaired) electrons. The third-order valence-electron chi connectivity index (χ3n) is 3.69. The summed E-state index contributed by atoms with van der Waals surface area (Å²) in [5, 5.41) is 19.4. The summed E-state index contributed by atoms with van der Waals surface area (Å²) in [6.45, 7) is 4.07. The van der Waals surface area contributed by atoms with E-state index in [1.54, 1.807) is 22.8 Å². The average molecular weight is 453 g/mol. The summed E-state index contributed by atoms with van der Waals surface area (Å²) >= 11 is 15.2. The summed E-state index contributed by atoms with van der Waals surface area (Å²) in [7, 11) is 0. The van der Waals surface area contributed by atoms with Gasteiger partial charge < -0.3 is 9.67 Å². The maximum Gasteiger partial charge on any atom is 0.296 e. The van der Waals surface area contributed by atoms with E-state index in [-0.39, 0.29) is 22.2 Å². The minimum Gasteiger partial charge on any atom is -0.493 e. The van der Waals surface area contributed by atoms with Gasteiger partial charge in [0.25, 0.3) is 5.91 Å². The van der Waals surface area contributed by atoms with Crippen molar-refractivity contribution in [3.63, 3.8) is 0 Å². The molecule has 0 aliphatic carbocycles. The lowest BCUT2D eigenvalue weighted by Gasteiger charge is -2.02. The molecule has 0 unspecified atom stereocenters. The summed E-state index contributed by atoms with van der Waals surface area (Å²) in [6, 6.07) is 9.95. The van der Waals surface area contributed by atoms with Crippen LogP contribution < -0.4 is 0 Å². The van der Waals surface area contributed by atoms with Crippen LogP contribution in [0.5, 0.6) is 5.88 Å². The summed E-state index contributed by atoms with van der Waals surface area (Å²) < 4.78 is 2.44. The van der Waals surface area contributed by atoms with Crippen LogP contribution in [0.25, 0.3) is 10.9 Å². The number of rotatable bonds is 4. The number of aromatic nitrogens is 1. The molecule has 132 valence electrons. The molecule has 0 aliphatic heterocycles. The summed E-state index contributed by atoms with van der Waals surface area (Å²) in [4.78, 5) is 12.3. The Kier molecular flexibility index (Phi) is 5.46. The number of benzene rings is 2. The lowest BCUT2D eigenvalue weighted by Crippen LogP contribution is -1.94. The number of carbonyl (C=O) groups is 1. The molecule has 3 aromatic rings. The summed E-state index contributed by atoms with van der Waals surface area (Å²) in [6.07, 6.45) is 1.65. The first-order chi connectivity index (χ1) is 12.4. The summed E-state index contributed by atoms with van der Waals surface area (Å²) in [5.74, 6) is -0.734. The van der Waals surface area contributed by atoms with E-state index in [1.165, 1.54) is 12.1 Å². The Hall–Kier alpha value is -2.15. The minimum absolute atomic E-state index is 0.100. The number of hydrogen-bond acceptors (Lipinski definition) is 3. The number of allylic oxidation sites excluding steroid dienone is 1. The van der Waals surface area contributed by atoms with Gasteiger partial charge in [-0.2, -0.15) is 0 Å². The van der Waals surface area contributed by atoms with Crippen molar-refractivity contribution in [3.8, 4) is 5.88 Å². The molecule has 8 heteroatoms. The molecule has 0 atom stereocenters. The molecule has 1 aromatic heterocycles. The number of aromatic hydroxyl groups is 1. The Morgan fingerprint density at radius 1 is 1.27 bits per heavy atom. The fourth-order valence-corrected chi connectivity index (χ4v) is 3.37. The van der Waals surface area contributed by atoms with Crippen molar-refractivity contribution in [1.29, 1.82) is 0 Å². The van der Waals surface area contributed by atoms with Gasteiger partial charge in [0.2, 0.25) is 5.88 Å². The predicted molar refractivity (Wildman–Crippen MR) is 107 cm³/mol. The van der Waals surface area contributed by atoms with Gasteiger partial charge in [-0.1, -0.05) is 45.2 Å². The van der Waals surface area contributed by atoms with Gasteiger partial charge in [0, 0.05) is 21.4 Å². The highest BCUT2D eigenvalue weighted by molar-refractivity contribution is 9.10. The number of amides is 1. The van der Waals surface area contributed by atoms with Crippen molar-refractivity contribution in [2.45, 2.75) is 6.54 Å². The first-order valence-corrected chi connectivity index (χ1v) is 9.00. The highest BCUT2D eigenvalue weighted by atomic mass is 79.9. The number of azo groups is 1. The van der Waals surface area contributed by atoms with Crippen molar-refractivity contribution < 1.29 is 9.90 Å². The standard InChI is InChI=1S/C18H12BrCl2N3O2/c1-2-7-24-15-6-3-10(19)8-13(15)16(18(24)26)22-23-17(25)12-5-4-11(20)9-14(12)21/h2-6,8-9,26H,1,7H2. The van der Waals surface area contributed by atoms with Crippen molar-refractivity contribution in [2.75, 3.05) is 0 Å². The third kappa shape index (κ3) is 3.53. The van der Waals surface area contributed by atoms with Gasteiger partial charge in [0.05, 0.1) is 16.1 Å². The Bertz CT molecular complexity index is 1060. The van der Waals surface area contributed by atoms with Crippen molar-refractivity contribution in [3.05, 3.63) is 69.1 Å². The third-order valence-corrected chi connectivity index (χ3v) is 4.73. The second-order valence-corrected chi connectivity index (χ2v) is 7.12. The lowest BCUT2D eigenvalue weighted by molar-refractivity contribution is 0.0995. The smallest absolute Gasteiger partial charge is 0.296 e. The van der Waals surface area contributed by atoms with Gasteiger partial charge in [0.1, 0.15) is 0 Å². The minimum atomic E-state index is -0.634. The van der Waals surface area contributed by atoms with Crippen LogP contribution in [0.4, 0.5) is 5.69 Å². The molecule has 5 nitrogen and oxygen atoms in total. The van der Waals surface area contributed by atoms with E-state index in [2.05, 4.69) is 32.7 Å². The molecule has 0 saturated carbocycles. The van der Waals surface area contributed by atoms with E-state index in [4.69, 9.17) is 23.2 Å². The topological polar surface area (TPSA) is 66.9 Å². The van der Waals surface area contributed by atoms with Crippen molar-refractivity contribution in [2.24, 2.45) is 10.2 Å². The Labute approximate surface area is 167 Å². The fourth-order valence-electron chi connectivity index (χ4n) is 2.52. The van der Waals surface area contributed by atoms with Crippen LogP contribution in [-0.2, 0) is 6.54 Å². The van der Waals surface area contributed by atoms with Gasteiger partial charge in [-0.3, -0.25) is 4.79 Å². The quantitative estimate of drug-likeness (QED) is 0.361. The maximum atomic E-state index is 12.3. The second-order valence-electron chi connectivity index (χ2n) is 5.36. The summed E-state index contributed by atoms with van der Waals surface area (Å²) in [5.41, 5.74) is 1.12. The monoisotopic (exact) mass is 451 g/mol. The van der Waals surface area contributed by atoms with Crippen LogP contribution in [0.15, 0.2) is 63.8 Å². The van der Waals surface area contributed by atoms with Crippen LogP contribution in [0, 0.1) is 0 Å². The molecule has 0 aliphatic rings. The SMILES string of the molecule is C=CCn1c(O)c(N=NC(=O)c2ccc(Cl)cc2Cl)c2cc(Br)ccc21. The molecular formula is C18H12BrCl2N3O2. The number of nitrogens with zero attached hydrogens (tertiary/aromatic N) is 3. The van der Waals surface area contributed by atoms with E-state index < -0.39 is 5.91 Å². The number of hydrogen-bond donors (Lipinski definition) is 1. The zero-order valence-electron chi connectivity index (χ0n) is 13.3. The molecule has 0 fully saturated rings. The van der Waals surface area contributed by atoms with Crippen LogP contribution >= 0.6 is 39.1 Å². The molecule has 1 N–H and O–H groups in total. The highest BCUT2D eigenvalue weighted by Crippen LogP contribution is 2.40. The van der Waals surface area contributed by atoms with Gasteiger partial charge in [-0.15, -0.1) is 16.8 Å². The van der Waals surface area contributed by atoms with Gasteiger partial charge >= 0.3 is 0 Å². The Morgan fingerprint density at radius 2 is 2.04 bits per heavy atom. The first-order valence-electron chi connectivity index (χ1n) is 7.45. The molecule has 0 spiro atoms. The van der Waals surface area contributed by atoms with Crippen LogP contribution in [0.1, 0.15) is 10.4 Å². The lowest BCUT2D eigenvalue weighted by atomic mass is 10.2. The van der Waals surface area contributed by atoms with E-state index in [0.717, 1.165) is 9.99 Å². The Balaban J connectivity index is 2.06. The van der Waals surface area contributed by atoms with Crippen LogP contribution in [-0.4, -0.2) is 15.6 Å². The number of fused-ring (bicyclic) bond motifs is 1. The molecule has 0 saturated heterocycles. The molecule has 1 heterocycles. The highest BCUT2D eigenvalue weighted by Gasteiger charge is 2.17. The fraction of sp³-hybridized carbons (Fsp3) is 0.0556. The van der Waals surface area contributed by atoms with Crippen LogP contribution in [0.2, 0.25) is 10.0 Å². The van der Waals surface area contributed by atoms with Crippen LogP contribution in [0.3, 0.4) is 0 Å². The van der Waals surface area contributed by atoms with Gasteiger partial charge in [-0.05, 0) is 36.4 Å². The van der Waals surface area contributed by atoms with E-state index in [1.807, 2.05) is 12.1 Å². The first kappa shape index (κ1) is 18.6. The van der Waals surface area contributed by atoms with E-state index in [0.29, 0.717) is 17.0 Å². The number of halogens is 3. The number of carbonyl (C=O) groups excluding carboxylic acids is 1. The van der Waals surface area contributed by atoms with Crippen molar-refractivity contribution >= 4 is 61.6 Å². The molecule has 0 bridgehead atoms.